The van der Waals surface area contributed by atoms with Crippen LogP contribution in [0.3, 0.4) is 0 Å². The predicted octanol–water partition coefficient (Wildman–Crippen LogP) is 1.59. The molecule has 102 valence electrons. The number of aromatic hydroxyl groups is 1. The lowest BCUT2D eigenvalue weighted by molar-refractivity contribution is -0.0577. The number of ether oxygens (including phenoxy) is 1. The third kappa shape index (κ3) is 2.43. The molecule has 2 heterocycles. The van der Waals surface area contributed by atoms with Crippen molar-refractivity contribution in [3.05, 3.63) is 29.8 Å². The molecule has 1 aromatic carbocycles. The van der Waals surface area contributed by atoms with Crippen LogP contribution in [0.15, 0.2) is 29.4 Å². The van der Waals surface area contributed by atoms with Crippen molar-refractivity contribution in [2.75, 3.05) is 13.2 Å². The van der Waals surface area contributed by atoms with Gasteiger partial charge in [0.05, 0.1) is 18.9 Å². The zero-order valence-electron chi connectivity index (χ0n) is 10.7. The summed E-state index contributed by atoms with van der Waals surface area (Å²) < 4.78 is 5.59. The highest BCUT2D eigenvalue weighted by atomic mass is 16.5. The summed E-state index contributed by atoms with van der Waals surface area (Å²) in [6, 6.07) is 7.89. The molecule has 0 spiro atoms. The van der Waals surface area contributed by atoms with Crippen molar-refractivity contribution in [1.82, 2.24) is 4.90 Å². The van der Waals surface area contributed by atoms with Crippen LogP contribution in [-0.4, -0.2) is 46.2 Å². The van der Waals surface area contributed by atoms with Crippen molar-refractivity contribution >= 4 is 5.71 Å². The number of fused-ring (bicyclic) bond motifs is 2. The van der Waals surface area contributed by atoms with Crippen molar-refractivity contribution < 1.29 is 15.1 Å². The molecule has 0 aliphatic carbocycles. The fourth-order valence-electron chi connectivity index (χ4n) is 2.99. The molecule has 5 heteroatoms. The van der Waals surface area contributed by atoms with Gasteiger partial charge in [0.15, 0.2) is 0 Å². The number of phenols is 1. The van der Waals surface area contributed by atoms with E-state index >= 15 is 0 Å². The molecular weight excluding hydrogens is 244 g/mol. The summed E-state index contributed by atoms with van der Waals surface area (Å²) >= 11 is 0. The van der Waals surface area contributed by atoms with Crippen molar-refractivity contribution in [1.29, 1.82) is 0 Å². The molecular formula is C14H18N2O3. The fourth-order valence-corrected chi connectivity index (χ4v) is 2.99. The Morgan fingerprint density at radius 1 is 1.21 bits per heavy atom. The molecule has 0 saturated carbocycles. The van der Waals surface area contributed by atoms with Gasteiger partial charge in [0.1, 0.15) is 5.75 Å². The summed E-state index contributed by atoms with van der Waals surface area (Å²) in [5.74, 6) is 0.336. The van der Waals surface area contributed by atoms with Gasteiger partial charge in [0, 0.05) is 37.0 Å². The van der Waals surface area contributed by atoms with E-state index in [0.717, 1.165) is 24.1 Å². The van der Waals surface area contributed by atoms with Crippen molar-refractivity contribution in [2.24, 2.45) is 5.16 Å². The minimum absolute atomic E-state index is 0.234. The number of morpholine rings is 1. The maximum absolute atomic E-state index is 9.88. The van der Waals surface area contributed by atoms with Crippen LogP contribution in [0.5, 0.6) is 5.75 Å². The van der Waals surface area contributed by atoms with Crippen LogP contribution in [0, 0.1) is 0 Å². The monoisotopic (exact) mass is 262 g/mol. The lowest BCUT2D eigenvalue weighted by atomic mass is 9.92. The van der Waals surface area contributed by atoms with Gasteiger partial charge in [-0.05, 0) is 6.07 Å². The highest BCUT2D eigenvalue weighted by Crippen LogP contribution is 2.29. The van der Waals surface area contributed by atoms with Gasteiger partial charge in [-0.2, -0.15) is 0 Å². The Bertz CT molecular complexity index is 473. The number of phenolic OH excluding ortho intramolecular Hbond substituents is 1. The molecule has 2 aliphatic rings. The number of benzene rings is 1. The Kier molecular flexibility index (Phi) is 3.40. The van der Waals surface area contributed by atoms with E-state index in [2.05, 4.69) is 10.1 Å². The largest absolute Gasteiger partial charge is 0.508 e. The minimum Gasteiger partial charge on any atom is -0.508 e. The summed E-state index contributed by atoms with van der Waals surface area (Å²) in [5, 5.41) is 22.2. The second-order valence-corrected chi connectivity index (χ2v) is 5.22. The number of hydrogen-bond acceptors (Lipinski definition) is 5. The van der Waals surface area contributed by atoms with Gasteiger partial charge in [0.2, 0.25) is 0 Å². The second-order valence-electron chi connectivity index (χ2n) is 5.22. The standard InChI is InChI=1S/C14H18N2O3/c17-14-4-2-1-3-10(14)7-16-12-5-11(15-18)6-13(16)9-19-8-12/h1-4,12-13,17-18H,5-9H2. The van der Waals surface area contributed by atoms with Crippen LogP contribution in [0.25, 0.3) is 0 Å². The Hall–Kier alpha value is -1.59. The summed E-state index contributed by atoms with van der Waals surface area (Å²) in [5.41, 5.74) is 1.79. The molecule has 3 rings (SSSR count). The quantitative estimate of drug-likeness (QED) is 0.627. The number of para-hydroxylation sites is 1. The molecule has 2 bridgehead atoms. The molecule has 2 atom stereocenters. The van der Waals surface area contributed by atoms with Gasteiger partial charge >= 0.3 is 0 Å². The average Bonchev–Trinajstić information content (AvgIpc) is 2.41. The zero-order chi connectivity index (χ0) is 13.2. The van der Waals surface area contributed by atoms with Gasteiger partial charge in [-0.3, -0.25) is 4.90 Å². The van der Waals surface area contributed by atoms with Crippen LogP contribution < -0.4 is 0 Å². The summed E-state index contributed by atoms with van der Waals surface area (Å²) in [6.07, 6.45) is 1.47. The van der Waals surface area contributed by atoms with E-state index in [4.69, 9.17) is 9.94 Å². The maximum Gasteiger partial charge on any atom is 0.120 e. The molecule has 1 aromatic rings. The van der Waals surface area contributed by atoms with Gasteiger partial charge in [-0.1, -0.05) is 23.4 Å². The third-order valence-corrected chi connectivity index (χ3v) is 3.99. The Balaban J connectivity index is 1.79. The van der Waals surface area contributed by atoms with Crippen LogP contribution >= 0.6 is 0 Å². The average molecular weight is 262 g/mol. The number of rotatable bonds is 2. The van der Waals surface area contributed by atoms with Gasteiger partial charge in [0.25, 0.3) is 0 Å². The van der Waals surface area contributed by atoms with Crippen LogP contribution in [0.4, 0.5) is 0 Å². The molecule has 2 aliphatic heterocycles. The van der Waals surface area contributed by atoms with Gasteiger partial charge in [-0.25, -0.2) is 0 Å². The van der Waals surface area contributed by atoms with E-state index in [9.17, 15) is 5.11 Å². The molecule has 0 radical (unpaired) electrons. The summed E-state index contributed by atoms with van der Waals surface area (Å²) in [7, 11) is 0. The van der Waals surface area contributed by atoms with E-state index < -0.39 is 0 Å². The smallest absolute Gasteiger partial charge is 0.120 e. The molecule has 0 aromatic heterocycles. The Labute approximate surface area is 112 Å². The molecule has 2 fully saturated rings. The maximum atomic E-state index is 9.88. The van der Waals surface area contributed by atoms with E-state index in [1.165, 1.54) is 0 Å². The Morgan fingerprint density at radius 2 is 1.89 bits per heavy atom. The van der Waals surface area contributed by atoms with Crippen molar-refractivity contribution in [2.45, 2.75) is 31.5 Å². The minimum atomic E-state index is 0.234. The molecule has 19 heavy (non-hydrogen) atoms. The normalized spacial score (nSPS) is 27.3. The first-order chi connectivity index (χ1) is 9.28. The first-order valence-corrected chi connectivity index (χ1v) is 6.58. The lowest BCUT2D eigenvalue weighted by Gasteiger charge is -2.45. The van der Waals surface area contributed by atoms with Crippen LogP contribution in [0.1, 0.15) is 18.4 Å². The summed E-state index contributed by atoms with van der Waals surface area (Å²) in [4.78, 5) is 2.35. The van der Waals surface area contributed by atoms with E-state index in [0.29, 0.717) is 25.5 Å². The highest BCUT2D eigenvalue weighted by Gasteiger charge is 2.37. The third-order valence-electron chi connectivity index (χ3n) is 3.99. The van der Waals surface area contributed by atoms with E-state index in [-0.39, 0.29) is 12.1 Å². The lowest BCUT2D eigenvalue weighted by Crippen LogP contribution is -2.56. The van der Waals surface area contributed by atoms with Crippen molar-refractivity contribution in [3.8, 4) is 5.75 Å². The van der Waals surface area contributed by atoms with Gasteiger partial charge in [-0.15, -0.1) is 0 Å². The molecule has 5 nitrogen and oxygen atoms in total. The molecule has 2 N–H and O–H groups in total. The summed E-state index contributed by atoms with van der Waals surface area (Å²) in [6.45, 7) is 2.02. The van der Waals surface area contributed by atoms with E-state index in [1.54, 1.807) is 6.07 Å². The highest BCUT2D eigenvalue weighted by molar-refractivity contribution is 5.86. The molecule has 2 saturated heterocycles. The van der Waals surface area contributed by atoms with Crippen LogP contribution in [-0.2, 0) is 11.3 Å². The van der Waals surface area contributed by atoms with E-state index in [1.807, 2.05) is 18.2 Å². The van der Waals surface area contributed by atoms with Crippen LogP contribution in [0.2, 0.25) is 0 Å². The van der Waals surface area contributed by atoms with Crippen molar-refractivity contribution in [3.63, 3.8) is 0 Å². The number of piperidine rings is 1. The first-order valence-electron chi connectivity index (χ1n) is 6.58. The Morgan fingerprint density at radius 3 is 2.53 bits per heavy atom. The van der Waals surface area contributed by atoms with Gasteiger partial charge < -0.3 is 15.1 Å². The first kappa shape index (κ1) is 12.4. The second kappa shape index (κ2) is 5.19. The number of nitrogens with zero attached hydrogens (tertiary/aromatic N) is 2. The zero-order valence-corrected chi connectivity index (χ0v) is 10.7. The predicted molar refractivity (Wildman–Crippen MR) is 70.5 cm³/mol. The fraction of sp³-hybridized carbons (Fsp3) is 0.500. The molecule has 0 amide bonds. The SMILES string of the molecule is ON=C1CC2COCC(C1)N2Cc1ccccc1O. The topological polar surface area (TPSA) is 65.3 Å². The number of hydrogen-bond donors (Lipinski definition) is 2. The number of oxime groups is 1. The molecule has 2 unspecified atom stereocenters.